The minimum atomic E-state index is -4.69. The Hall–Kier alpha value is -1.52. The van der Waals surface area contributed by atoms with Gasteiger partial charge >= 0.3 is 6.36 Å². The van der Waals surface area contributed by atoms with E-state index >= 15 is 0 Å². The second kappa shape index (κ2) is 4.13. The number of carbonyl (C=O) groups excluding carboxylic acids is 1. The van der Waals surface area contributed by atoms with E-state index in [0.29, 0.717) is 11.8 Å². The Morgan fingerprint density at radius 2 is 2.07 bits per heavy atom. The highest BCUT2D eigenvalue weighted by molar-refractivity contribution is 5.55. The Balaban J connectivity index is 2.78. The van der Waals surface area contributed by atoms with Crippen molar-refractivity contribution >= 4 is 6.29 Å². The van der Waals surface area contributed by atoms with Crippen molar-refractivity contribution in [2.24, 2.45) is 0 Å². The molecule has 1 aromatic rings. The molecule has 0 aliphatic heterocycles. The quantitative estimate of drug-likeness (QED) is 0.706. The van der Waals surface area contributed by atoms with E-state index < -0.39 is 6.36 Å². The summed E-state index contributed by atoms with van der Waals surface area (Å²) in [5, 5.41) is 0. The van der Waals surface area contributed by atoms with Gasteiger partial charge in [-0.25, -0.2) is 0 Å². The third-order valence-electron chi connectivity index (χ3n) is 1.45. The monoisotopic (exact) mass is 204 g/mol. The summed E-state index contributed by atoms with van der Waals surface area (Å²) in [7, 11) is 0. The lowest BCUT2D eigenvalue weighted by molar-refractivity contribution is -0.274. The number of aldehydes is 1. The number of ether oxygens (including phenoxy) is 1. The second-order valence-electron chi connectivity index (χ2n) is 2.57. The number of hydrogen-bond donors (Lipinski definition) is 0. The molecule has 0 bridgehead atoms. The number of alkyl halides is 3. The molecule has 0 unspecified atom stereocenters. The normalized spacial score (nSPS) is 11.1. The minimum Gasteiger partial charge on any atom is -0.406 e. The fourth-order valence-electron chi connectivity index (χ4n) is 0.966. The summed E-state index contributed by atoms with van der Waals surface area (Å²) >= 11 is 0. The van der Waals surface area contributed by atoms with Crippen molar-refractivity contribution in [3.63, 3.8) is 0 Å². The molecule has 1 rings (SSSR count). The maximum absolute atomic E-state index is 11.8. The molecule has 0 spiro atoms. The van der Waals surface area contributed by atoms with Crippen LogP contribution in [0.5, 0.6) is 5.75 Å². The summed E-state index contributed by atoms with van der Waals surface area (Å²) in [6.07, 6.45) is -4.00. The van der Waals surface area contributed by atoms with E-state index in [0.717, 1.165) is 0 Å². The predicted octanol–water partition coefficient (Wildman–Crippen LogP) is 2.33. The average molecular weight is 204 g/mol. The van der Waals surface area contributed by atoms with Gasteiger partial charge in [-0.15, -0.1) is 13.2 Å². The standard InChI is InChI=1S/C9H7F3O2/c10-9(11,12)14-8-3-1-2-7(6-8)4-5-13/h1-3,5-6H,4H2. The zero-order valence-electron chi connectivity index (χ0n) is 7.04. The third-order valence-corrected chi connectivity index (χ3v) is 1.45. The van der Waals surface area contributed by atoms with Crippen molar-refractivity contribution < 1.29 is 22.7 Å². The molecule has 1 aromatic carbocycles. The average Bonchev–Trinajstić information content (AvgIpc) is 2.02. The maximum atomic E-state index is 11.8. The first-order chi connectivity index (χ1) is 6.51. The van der Waals surface area contributed by atoms with Crippen molar-refractivity contribution in [3.8, 4) is 5.75 Å². The van der Waals surface area contributed by atoms with Crippen LogP contribution in [0.1, 0.15) is 5.56 Å². The molecule has 0 fully saturated rings. The molecule has 0 aliphatic rings. The van der Waals surface area contributed by atoms with Crippen LogP contribution < -0.4 is 4.74 Å². The Morgan fingerprint density at radius 1 is 1.36 bits per heavy atom. The van der Waals surface area contributed by atoms with Gasteiger partial charge in [0.2, 0.25) is 0 Å². The highest BCUT2D eigenvalue weighted by atomic mass is 19.4. The molecule has 0 atom stereocenters. The Morgan fingerprint density at radius 3 is 2.64 bits per heavy atom. The number of carbonyl (C=O) groups is 1. The van der Waals surface area contributed by atoms with E-state index in [9.17, 15) is 18.0 Å². The minimum absolute atomic E-state index is 0.0784. The molecule has 0 amide bonds. The Labute approximate surface area is 78.3 Å². The molecular weight excluding hydrogens is 197 g/mol. The molecule has 0 heterocycles. The van der Waals surface area contributed by atoms with Gasteiger partial charge in [0.05, 0.1) is 0 Å². The zero-order chi connectivity index (χ0) is 10.6. The van der Waals surface area contributed by atoms with Crippen LogP contribution in [-0.4, -0.2) is 12.6 Å². The third kappa shape index (κ3) is 3.47. The Kier molecular flexibility index (Phi) is 3.11. The highest BCUT2D eigenvalue weighted by Gasteiger charge is 2.30. The fraction of sp³-hybridized carbons (Fsp3) is 0.222. The SMILES string of the molecule is O=CCc1cccc(OC(F)(F)F)c1. The van der Waals surface area contributed by atoms with Gasteiger partial charge in [-0.1, -0.05) is 12.1 Å². The number of hydrogen-bond acceptors (Lipinski definition) is 2. The van der Waals surface area contributed by atoms with Crippen LogP contribution >= 0.6 is 0 Å². The van der Waals surface area contributed by atoms with Crippen molar-refractivity contribution in [1.82, 2.24) is 0 Å². The van der Waals surface area contributed by atoms with Crippen LogP contribution in [0.3, 0.4) is 0 Å². The van der Waals surface area contributed by atoms with Gasteiger partial charge < -0.3 is 9.53 Å². The van der Waals surface area contributed by atoms with E-state index in [1.807, 2.05) is 0 Å². The Bertz CT molecular complexity index is 320. The van der Waals surface area contributed by atoms with Gasteiger partial charge in [-0.2, -0.15) is 0 Å². The topological polar surface area (TPSA) is 26.3 Å². The molecule has 5 heteroatoms. The maximum Gasteiger partial charge on any atom is 0.573 e. The fourth-order valence-corrected chi connectivity index (χ4v) is 0.966. The molecular formula is C9H7F3O2. The molecule has 14 heavy (non-hydrogen) atoms. The van der Waals surface area contributed by atoms with Crippen LogP contribution in [0.25, 0.3) is 0 Å². The van der Waals surface area contributed by atoms with Gasteiger partial charge in [-0.3, -0.25) is 0 Å². The van der Waals surface area contributed by atoms with E-state index in [4.69, 9.17) is 0 Å². The highest BCUT2D eigenvalue weighted by Crippen LogP contribution is 2.23. The largest absolute Gasteiger partial charge is 0.573 e. The summed E-state index contributed by atoms with van der Waals surface area (Å²) in [6, 6.07) is 5.32. The van der Waals surface area contributed by atoms with E-state index in [1.165, 1.54) is 18.2 Å². The summed E-state index contributed by atoms with van der Waals surface area (Å²) in [5.41, 5.74) is 0.488. The smallest absolute Gasteiger partial charge is 0.406 e. The summed E-state index contributed by atoms with van der Waals surface area (Å²) in [5.74, 6) is -0.308. The van der Waals surface area contributed by atoms with Crippen molar-refractivity contribution in [1.29, 1.82) is 0 Å². The van der Waals surface area contributed by atoms with E-state index in [2.05, 4.69) is 4.74 Å². The van der Waals surface area contributed by atoms with Gasteiger partial charge in [0.25, 0.3) is 0 Å². The number of halogens is 3. The van der Waals surface area contributed by atoms with Gasteiger partial charge in [-0.05, 0) is 17.7 Å². The van der Waals surface area contributed by atoms with Crippen LogP contribution in [0.2, 0.25) is 0 Å². The number of benzene rings is 1. The second-order valence-corrected chi connectivity index (χ2v) is 2.57. The van der Waals surface area contributed by atoms with E-state index in [1.54, 1.807) is 6.07 Å². The van der Waals surface area contributed by atoms with E-state index in [-0.39, 0.29) is 12.2 Å². The zero-order valence-corrected chi connectivity index (χ0v) is 7.04. The number of rotatable bonds is 3. The lowest BCUT2D eigenvalue weighted by atomic mass is 10.2. The lowest BCUT2D eigenvalue weighted by Crippen LogP contribution is -2.17. The molecule has 0 N–H and O–H groups in total. The molecule has 0 saturated carbocycles. The first-order valence-electron chi connectivity index (χ1n) is 3.79. The first-order valence-corrected chi connectivity index (χ1v) is 3.79. The van der Waals surface area contributed by atoms with Crippen LogP contribution in [0, 0.1) is 0 Å². The first kappa shape index (κ1) is 10.6. The molecule has 2 nitrogen and oxygen atoms in total. The summed E-state index contributed by atoms with van der Waals surface area (Å²) < 4.78 is 39.0. The molecule has 0 saturated heterocycles. The van der Waals surface area contributed by atoms with Crippen LogP contribution in [0.15, 0.2) is 24.3 Å². The molecule has 0 aliphatic carbocycles. The van der Waals surface area contributed by atoms with Gasteiger partial charge in [0.15, 0.2) is 0 Å². The van der Waals surface area contributed by atoms with Crippen LogP contribution in [-0.2, 0) is 11.2 Å². The van der Waals surface area contributed by atoms with Gasteiger partial charge in [0, 0.05) is 6.42 Å². The lowest BCUT2D eigenvalue weighted by Gasteiger charge is -2.08. The summed E-state index contributed by atoms with van der Waals surface area (Å²) in [6.45, 7) is 0. The molecule has 0 radical (unpaired) electrons. The van der Waals surface area contributed by atoms with Crippen LogP contribution in [0.4, 0.5) is 13.2 Å². The van der Waals surface area contributed by atoms with Crippen molar-refractivity contribution in [2.45, 2.75) is 12.8 Å². The molecule has 0 aromatic heterocycles. The molecule has 76 valence electrons. The predicted molar refractivity (Wildman–Crippen MR) is 42.9 cm³/mol. The van der Waals surface area contributed by atoms with Crippen molar-refractivity contribution in [3.05, 3.63) is 29.8 Å². The van der Waals surface area contributed by atoms with Gasteiger partial charge in [0.1, 0.15) is 12.0 Å². The van der Waals surface area contributed by atoms with Crippen molar-refractivity contribution in [2.75, 3.05) is 0 Å². The summed E-state index contributed by atoms with van der Waals surface area (Å²) in [4.78, 5) is 10.1.